The summed E-state index contributed by atoms with van der Waals surface area (Å²) in [5.74, 6) is 0.213. The van der Waals surface area contributed by atoms with Crippen molar-refractivity contribution in [1.82, 2.24) is 0 Å². The monoisotopic (exact) mass is 808 g/mol. The number of carbonyl (C=O) groups is 2. The molecule has 1 saturated heterocycles. The van der Waals surface area contributed by atoms with Crippen LogP contribution in [-0.4, -0.2) is 52.8 Å². The maximum Gasteiger partial charge on any atom is 0.343 e. The molecule has 2 heterocycles. The summed E-state index contributed by atoms with van der Waals surface area (Å²) in [6, 6.07) is 12.4. The van der Waals surface area contributed by atoms with Crippen molar-refractivity contribution < 1.29 is 37.1 Å². The van der Waals surface area contributed by atoms with Gasteiger partial charge in [0.2, 0.25) is 5.60 Å². The van der Waals surface area contributed by atoms with Gasteiger partial charge in [0, 0.05) is 23.3 Å². The zero-order valence-corrected chi connectivity index (χ0v) is 39.3. The van der Waals surface area contributed by atoms with E-state index in [1.54, 1.807) is 13.2 Å². The number of benzene rings is 2. The van der Waals surface area contributed by atoms with Gasteiger partial charge >= 0.3 is 5.97 Å². The van der Waals surface area contributed by atoms with Crippen LogP contribution in [0.1, 0.15) is 130 Å². The van der Waals surface area contributed by atoms with E-state index in [4.69, 9.17) is 27.5 Å². The van der Waals surface area contributed by atoms with Crippen molar-refractivity contribution in [2.24, 2.45) is 5.92 Å². The molecular weight excluding hydrogens is 737 g/mol. The first-order valence-electron chi connectivity index (χ1n) is 21.0. The van der Waals surface area contributed by atoms with Crippen LogP contribution in [0.25, 0.3) is 11.0 Å². The lowest BCUT2D eigenvalue weighted by Gasteiger charge is -2.40. The quantitative estimate of drug-likeness (QED) is 0.0632. The van der Waals surface area contributed by atoms with Crippen LogP contribution in [0, 0.1) is 5.92 Å². The molecule has 0 N–H and O–H groups in total. The second-order valence-electron chi connectivity index (χ2n) is 19.2. The van der Waals surface area contributed by atoms with E-state index < -0.39 is 40.2 Å². The fourth-order valence-corrected chi connectivity index (χ4v) is 9.28. The Kier molecular flexibility index (Phi) is 14.8. The fraction of sp³-hybridized carbons (Fsp3) is 0.652. The van der Waals surface area contributed by atoms with E-state index >= 15 is 0 Å². The van der Waals surface area contributed by atoms with Gasteiger partial charge in [-0.25, -0.2) is 4.79 Å². The lowest BCUT2D eigenvalue weighted by atomic mass is 9.84. The molecule has 2 aromatic carbocycles. The maximum atomic E-state index is 15.0. The Morgan fingerprint density at radius 1 is 0.911 bits per heavy atom. The van der Waals surface area contributed by atoms with E-state index in [2.05, 4.69) is 107 Å². The van der Waals surface area contributed by atoms with Crippen LogP contribution >= 0.6 is 0 Å². The molecular formula is C46H72O8Si2. The third-order valence-corrected chi connectivity index (χ3v) is 21.4. The molecule has 0 radical (unpaired) electrons. The molecule has 3 aromatic rings. The van der Waals surface area contributed by atoms with Crippen LogP contribution in [0.3, 0.4) is 0 Å². The van der Waals surface area contributed by atoms with Gasteiger partial charge in [-0.1, -0.05) is 106 Å². The molecule has 1 aliphatic heterocycles. The highest BCUT2D eigenvalue weighted by atomic mass is 28.4. The third kappa shape index (κ3) is 10.1. The van der Waals surface area contributed by atoms with Gasteiger partial charge in [-0.05, 0) is 85.6 Å². The normalized spacial score (nSPS) is 19.0. The van der Waals surface area contributed by atoms with Crippen molar-refractivity contribution >= 4 is 39.4 Å². The Hall–Kier alpha value is -2.77. The molecule has 0 amide bonds. The van der Waals surface area contributed by atoms with Gasteiger partial charge in [-0.15, -0.1) is 0 Å². The highest BCUT2D eigenvalue weighted by Gasteiger charge is 2.69. The molecule has 56 heavy (non-hydrogen) atoms. The topological polar surface area (TPSA) is 96.7 Å². The summed E-state index contributed by atoms with van der Waals surface area (Å²) in [6.45, 7) is 33.3. The minimum Gasteiger partial charge on any atom is -0.488 e. The van der Waals surface area contributed by atoms with Gasteiger partial charge in [0.05, 0.1) is 31.1 Å². The molecule has 1 aromatic heterocycles. The van der Waals surface area contributed by atoms with Crippen LogP contribution < -0.4 is 4.74 Å². The zero-order valence-electron chi connectivity index (χ0n) is 37.3. The second-order valence-corrected chi connectivity index (χ2v) is 28.8. The predicted octanol–water partition coefficient (Wildman–Crippen LogP) is 12.1. The first-order valence-corrected chi connectivity index (χ1v) is 26.8. The average molecular weight is 809 g/mol. The molecule has 1 aliphatic rings. The highest BCUT2D eigenvalue weighted by Crippen LogP contribution is 2.50. The molecule has 0 aliphatic carbocycles. The highest BCUT2D eigenvalue weighted by molar-refractivity contribution is 6.74. The fourth-order valence-electron chi connectivity index (χ4n) is 7.01. The number of carbonyl (C=O) groups excluding carboxylic acids is 2. The van der Waals surface area contributed by atoms with E-state index in [9.17, 15) is 9.59 Å². The van der Waals surface area contributed by atoms with Crippen LogP contribution in [-0.2, 0) is 47.5 Å². The second kappa shape index (κ2) is 18.0. The number of fused-ring (bicyclic) bond motifs is 1. The summed E-state index contributed by atoms with van der Waals surface area (Å²) in [5, 5.41) is 0.760. The zero-order chi connectivity index (χ0) is 41.9. The molecule has 312 valence electrons. The Bertz CT molecular complexity index is 1780. The Labute approximate surface area is 340 Å². The number of rotatable bonds is 20. The SMILES string of the molecule is CCCC(C(=O)C[C@H](O[Si](C)(C)C(C)(C)C)[C@]1(C(=O)OCC)O[C@H]1CC)c1coc2c(CO[Si](C)(C)C(C)(C)C)c(OCc3ccccc3)c(CC(C)C)cc12. The molecule has 10 heteroatoms. The largest absolute Gasteiger partial charge is 0.488 e. The van der Waals surface area contributed by atoms with Crippen molar-refractivity contribution in [3.05, 3.63) is 64.9 Å². The lowest BCUT2D eigenvalue weighted by Crippen LogP contribution is -2.52. The molecule has 1 unspecified atom stereocenters. The van der Waals surface area contributed by atoms with E-state index in [1.165, 1.54) is 0 Å². The van der Waals surface area contributed by atoms with Crippen molar-refractivity contribution in [2.45, 2.75) is 181 Å². The van der Waals surface area contributed by atoms with Gasteiger partial charge in [0.25, 0.3) is 0 Å². The lowest BCUT2D eigenvalue weighted by molar-refractivity contribution is -0.154. The Balaban J connectivity index is 1.87. The first-order chi connectivity index (χ1) is 26.0. The van der Waals surface area contributed by atoms with Crippen LogP contribution in [0.4, 0.5) is 0 Å². The van der Waals surface area contributed by atoms with Gasteiger partial charge in [-0.2, -0.15) is 0 Å². The number of epoxide rings is 1. The Morgan fingerprint density at radius 2 is 1.55 bits per heavy atom. The summed E-state index contributed by atoms with van der Waals surface area (Å²) in [4.78, 5) is 28.7. The van der Waals surface area contributed by atoms with Gasteiger partial charge < -0.3 is 27.5 Å². The van der Waals surface area contributed by atoms with Gasteiger partial charge in [0.15, 0.2) is 16.6 Å². The molecule has 4 rings (SSSR count). The van der Waals surface area contributed by atoms with E-state index in [0.717, 1.165) is 46.2 Å². The van der Waals surface area contributed by atoms with Crippen LogP contribution in [0.15, 0.2) is 47.1 Å². The molecule has 4 atom stereocenters. The summed E-state index contributed by atoms with van der Waals surface area (Å²) in [7, 11) is -4.65. The van der Waals surface area contributed by atoms with Crippen LogP contribution in [0.5, 0.6) is 5.75 Å². The smallest absolute Gasteiger partial charge is 0.343 e. The number of ether oxygens (including phenoxy) is 3. The minimum absolute atomic E-state index is 0.00109. The molecule has 0 saturated carbocycles. The molecule has 8 nitrogen and oxygen atoms in total. The van der Waals surface area contributed by atoms with Gasteiger partial charge in [0.1, 0.15) is 29.8 Å². The number of Topliss-reactive ketones (excluding diaryl/α,β-unsaturated/α-hetero) is 1. The molecule has 1 fully saturated rings. The standard InChI is InChI=1S/C46H72O8Si2/c1-16-22-34(38(47)27-40(54-56(14,15)45(9,10)11)46(39(17-2)53-46)43(48)49-18-3)36-29-51-42-35(36)26-33(25-31(4)5)41(50-28-32-23-20-19-21-24-32)37(42)30-52-55(12,13)44(6,7)8/h19-21,23-24,26,29,31,34,39-40H,16-18,22,25,27-28,30H2,1-15H3/t34?,39-,40-,46+/m0/s1. The number of furan rings is 1. The summed E-state index contributed by atoms with van der Waals surface area (Å²) < 4.78 is 39.1. The summed E-state index contributed by atoms with van der Waals surface area (Å²) in [5.41, 5.74) is 3.25. The number of esters is 1. The summed E-state index contributed by atoms with van der Waals surface area (Å²) >= 11 is 0. The van der Waals surface area contributed by atoms with Gasteiger partial charge in [-0.3, -0.25) is 4.79 Å². The third-order valence-electron chi connectivity index (χ3n) is 12.4. The van der Waals surface area contributed by atoms with Crippen molar-refractivity contribution in [3.63, 3.8) is 0 Å². The Morgan fingerprint density at radius 3 is 2.09 bits per heavy atom. The van der Waals surface area contributed by atoms with E-state index in [0.29, 0.717) is 37.6 Å². The van der Waals surface area contributed by atoms with Crippen molar-refractivity contribution in [2.75, 3.05) is 6.61 Å². The molecule has 0 spiro atoms. The predicted molar refractivity (Wildman–Crippen MR) is 231 cm³/mol. The number of hydrogen-bond donors (Lipinski definition) is 0. The van der Waals surface area contributed by atoms with E-state index in [1.807, 2.05) is 25.1 Å². The van der Waals surface area contributed by atoms with Crippen LogP contribution in [0.2, 0.25) is 36.3 Å². The number of ketones is 1. The number of hydrogen-bond acceptors (Lipinski definition) is 8. The van der Waals surface area contributed by atoms with E-state index in [-0.39, 0.29) is 35.0 Å². The average Bonchev–Trinajstić information content (AvgIpc) is 3.72. The first kappa shape index (κ1) is 45.9. The summed E-state index contributed by atoms with van der Waals surface area (Å²) in [6.07, 6.45) is 3.44. The van der Waals surface area contributed by atoms with Crippen molar-refractivity contribution in [3.8, 4) is 5.75 Å². The van der Waals surface area contributed by atoms with Crippen molar-refractivity contribution in [1.29, 1.82) is 0 Å². The maximum absolute atomic E-state index is 15.0. The minimum atomic E-state index is -2.47. The molecule has 0 bridgehead atoms.